The number of fused-ring (bicyclic) bond motifs is 1. The van der Waals surface area contributed by atoms with Crippen LogP contribution in [0.5, 0.6) is 0 Å². The van der Waals surface area contributed by atoms with Crippen molar-refractivity contribution in [2.45, 2.75) is 20.4 Å². The topological polar surface area (TPSA) is 56.7 Å². The summed E-state index contributed by atoms with van der Waals surface area (Å²) in [6, 6.07) is 18.5. The number of carbonyl (C=O) groups excluding carboxylic acids is 1. The second kappa shape index (κ2) is 7.17. The van der Waals surface area contributed by atoms with E-state index in [0.717, 1.165) is 30.3 Å². The van der Waals surface area contributed by atoms with Gasteiger partial charge in [0.15, 0.2) is 0 Å². The predicted molar refractivity (Wildman–Crippen MR) is 97.1 cm³/mol. The molecule has 0 aliphatic carbocycles. The number of anilines is 1. The van der Waals surface area contributed by atoms with Crippen LogP contribution < -0.4 is 15.8 Å². The van der Waals surface area contributed by atoms with Crippen molar-refractivity contribution in [3.8, 4) is 0 Å². The molecule has 1 amide bonds. The van der Waals surface area contributed by atoms with Gasteiger partial charge >= 0.3 is 0 Å². The van der Waals surface area contributed by atoms with Crippen LogP contribution in [-0.2, 0) is 11.3 Å². The highest BCUT2D eigenvalue weighted by Crippen LogP contribution is 2.33. The number of amides is 1. The van der Waals surface area contributed by atoms with Crippen molar-refractivity contribution in [1.29, 1.82) is 0 Å². The first-order valence-corrected chi connectivity index (χ1v) is 8.12. The number of aliphatic imine (C=N–C) groups is 1. The molecular weight excluding hydrogens is 300 g/mol. The molecule has 0 saturated carbocycles. The number of para-hydroxylation sites is 2. The molecule has 0 aromatic heterocycles. The number of rotatable bonds is 2. The molecule has 0 saturated heterocycles. The van der Waals surface area contributed by atoms with E-state index in [2.05, 4.69) is 53.0 Å². The van der Waals surface area contributed by atoms with Crippen LogP contribution in [0, 0.1) is 5.92 Å². The van der Waals surface area contributed by atoms with Crippen molar-refractivity contribution >= 4 is 23.1 Å². The minimum atomic E-state index is -0.136. The van der Waals surface area contributed by atoms with E-state index in [1.807, 2.05) is 24.3 Å². The molecule has 1 atom stereocenters. The van der Waals surface area contributed by atoms with Crippen LogP contribution in [0.1, 0.15) is 19.4 Å². The maximum Gasteiger partial charge on any atom is 0.235 e. The Kier molecular flexibility index (Phi) is 4.79. The molecule has 24 heavy (non-hydrogen) atoms. The monoisotopic (exact) mass is 322 g/mol. The van der Waals surface area contributed by atoms with Crippen LogP contribution in [0.4, 0.5) is 11.4 Å². The van der Waals surface area contributed by atoms with Gasteiger partial charge in [0, 0.05) is 25.9 Å². The zero-order valence-corrected chi connectivity index (χ0v) is 14.0. The number of hydrogen-bond donors (Lipinski definition) is 2. The molecule has 5 nitrogen and oxygen atoms in total. The van der Waals surface area contributed by atoms with E-state index in [9.17, 15) is 4.79 Å². The molecule has 0 bridgehead atoms. The fourth-order valence-corrected chi connectivity index (χ4v) is 2.84. The minimum Gasteiger partial charge on any atom is -0.365 e. The van der Waals surface area contributed by atoms with Crippen LogP contribution in [0.15, 0.2) is 59.6 Å². The summed E-state index contributed by atoms with van der Waals surface area (Å²) >= 11 is 0. The summed E-state index contributed by atoms with van der Waals surface area (Å²) in [5, 5.41) is 0. The summed E-state index contributed by atoms with van der Waals surface area (Å²) in [4.78, 5) is 18.3. The normalized spacial score (nSPS) is 16.7. The molecule has 5 heteroatoms. The number of nitrogens with one attached hydrogen (secondary N) is 2. The van der Waals surface area contributed by atoms with Crippen LogP contribution in [0.2, 0.25) is 0 Å². The molecule has 124 valence electrons. The first-order valence-electron chi connectivity index (χ1n) is 8.12. The number of benzene rings is 2. The number of hydrogen-bond acceptors (Lipinski definition) is 4. The Morgan fingerprint density at radius 3 is 2.62 bits per heavy atom. The molecular formula is C19H22N4O. The first-order chi connectivity index (χ1) is 11.6. The Hall–Kier alpha value is -2.82. The third kappa shape index (κ3) is 3.74. The second-order valence-electron chi connectivity index (χ2n) is 6.06. The summed E-state index contributed by atoms with van der Waals surface area (Å²) in [6.07, 6.45) is 0. The number of carbonyl (C=O) groups is 1. The standard InChI is InChI=1S/C19H22N4O/c1-14-12-23(13-16-8-4-3-5-9-16)18-11-7-6-10-17(18)20-19(14)22-21-15(2)24/h3-11,14H,12-13H2,1-2H3,(H,20,22)(H,21,24)/t14-/m1/s1. The van der Waals surface area contributed by atoms with Gasteiger partial charge in [0.1, 0.15) is 5.84 Å². The van der Waals surface area contributed by atoms with E-state index in [1.54, 1.807) is 0 Å². The van der Waals surface area contributed by atoms with Gasteiger partial charge in [-0.2, -0.15) is 0 Å². The van der Waals surface area contributed by atoms with Crippen molar-refractivity contribution < 1.29 is 4.79 Å². The highest BCUT2D eigenvalue weighted by Gasteiger charge is 2.22. The zero-order chi connectivity index (χ0) is 16.9. The Morgan fingerprint density at radius 1 is 1.17 bits per heavy atom. The van der Waals surface area contributed by atoms with Gasteiger partial charge in [-0.15, -0.1) is 0 Å². The summed E-state index contributed by atoms with van der Waals surface area (Å²) in [5.41, 5.74) is 8.86. The van der Waals surface area contributed by atoms with Gasteiger partial charge in [0.25, 0.3) is 0 Å². The lowest BCUT2D eigenvalue weighted by molar-refractivity contribution is -0.119. The Morgan fingerprint density at radius 2 is 1.88 bits per heavy atom. The van der Waals surface area contributed by atoms with Crippen molar-refractivity contribution in [3.05, 3.63) is 60.2 Å². The van der Waals surface area contributed by atoms with E-state index in [1.165, 1.54) is 12.5 Å². The van der Waals surface area contributed by atoms with Gasteiger partial charge in [-0.3, -0.25) is 15.6 Å². The molecule has 0 fully saturated rings. The zero-order valence-electron chi connectivity index (χ0n) is 14.0. The van der Waals surface area contributed by atoms with E-state index >= 15 is 0 Å². The quantitative estimate of drug-likeness (QED) is 0.836. The Labute approximate surface area is 142 Å². The molecule has 0 spiro atoms. The van der Waals surface area contributed by atoms with Gasteiger partial charge in [-0.1, -0.05) is 49.4 Å². The van der Waals surface area contributed by atoms with Gasteiger partial charge < -0.3 is 4.90 Å². The predicted octanol–water partition coefficient (Wildman–Crippen LogP) is 3.01. The third-order valence-electron chi connectivity index (χ3n) is 4.01. The minimum absolute atomic E-state index is 0.136. The lowest BCUT2D eigenvalue weighted by atomic mass is 10.1. The molecule has 0 unspecified atom stereocenters. The maximum atomic E-state index is 11.2. The molecule has 1 aliphatic rings. The summed E-state index contributed by atoms with van der Waals surface area (Å²) in [7, 11) is 0. The number of amidine groups is 1. The molecule has 1 aliphatic heterocycles. The highest BCUT2D eigenvalue weighted by atomic mass is 16.2. The lowest BCUT2D eigenvalue weighted by Crippen LogP contribution is -2.45. The maximum absolute atomic E-state index is 11.2. The van der Waals surface area contributed by atoms with Crippen LogP contribution in [-0.4, -0.2) is 18.3 Å². The number of hydrazine groups is 1. The molecule has 2 aromatic carbocycles. The summed E-state index contributed by atoms with van der Waals surface area (Å²) in [5.74, 6) is 0.796. The molecule has 2 N–H and O–H groups in total. The Balaban J connectivity index is 1.89. The van der Waals surface area contributed by atoms with Crippen molar-refractivity contribution in [1.82, 2.24) is 10.9 Å². The summed E-state index contributed by atoms with van der Waals surface area (Å²) in [6.45, 7) is 5.23. The van der Waals surface area contributed by atoms with Crippen molar-refractivity contribution in [2.24, 2.45) is 10.9 Å². The van der Waals surface area contributed by atoms with Gasteiger partial charge in [-0.05, 0) is 17.7 Å². The lowest BCUT2D eigenvalue weighted by Gasteiger charge is -2.27. The van der Waals surface area contributed by atoms with Gasteiger partial charge in [0.2, 0.25) is 5.91 Å². The smallest absolute Gasteiger partial charge is 0.235 e. The third-order valence-corrected chi connectivity index (χ3v) is 4.01. The fraction of sp³-hybridized carbons (Fsp3) is 0.263. The van der Waals surface area contributed by atoms with Crippen LogP contribution in [0.25, 0.3) is 0 Å². The molecule has 1 heterocycles. The van der Waals surface area contributed by atoms with Gasteiger partial charge in [0.05, 0.1) is 11.4 Å². The van der Waals surface area contributed by atoms with E-state index in [-0.39, 0.29) is 11.8 Å². The van der Waals surface area contributed by atoms with E-state index < -0.39 is 0 Å². The second-order valence-corrected chi connectivity index (χ2v) is 6.06. The molecule has 3 rings (SSSR count). The van der Waals surface area contributed by atoms with Crippen LogP contribution in [0.3, 0.4) is 0 Å². The molecule has 2 aromatic rings. The van der Waals surface area contributed by atoms with E-state index in [4.69, 9.17) is 4.99 Å². The van der Waals surface area contributed by atoms with Gasteiger partial charge in [-0.25, -0.2) is 4.99 Å². The average molecular weight is 322 g/mol. The molecule has 0 radical (unpaired) electrons. The Bertz CT molecular complexity index is 742. The highest BCUT2D eigenvalue weighted by molar-refractivity contribution is 5.91. The van der Waals surface area contributed by atoms with E-state index in [0.29, 0.717) is 0 Å². The largest absolute Gasteiger partial charge is 0.365 e. The average Bonchev–Trinajstić information content (AvgIpc) is 2.71. The fourth-order valence-electron chi connectivity index (χ4n) is 2.84. The number of nitrogens with zero attached hydrogens (tertiary/aromatic N) is 2. The van der Waals surface area contributed by atoms with Crippen molar-refractivity contribution in [2.75, 3.05) is 11.4 Å². The van der Waals surface area contributed by atoms with Crippen LogP contribution >= 0.6 is 0 Å². The van der Waals surface area contributed by atoms with Crippen molar-refractivity contribution in [3.63, 3.8) is 0 Å². The summed E-state index contributed by atoms with van der Waals surface area (Å²) < 4.78 is 0. The SMILES string of the molecule is CC(=O)NNC1=Nc2ccccc2N(Cc2ccccc2)C[C@H]1C. The first kappa shape index (κ1) is 16.1.